The minimum Gasteiger partial charge on any atom is -0.456 e. The second kappa shape index (κ2) is 10.3. The first-order valence-corrected chi connectivity index (χ1v) is 15.7. The lowest BCUT2D eigenvalue weighted by atomic mass is 9.83. The molecule has 2 bridgehead atoms. The van der Waals surface area contributed by atoms with E-state index in [9.17, 15) is 0 Å². The van der Waals surface area contributed by atoms with Gasteiger partial charge in [-0.2, -0.15) is 0 Å². The third-order valence-corrected chi connectivity index (χ3v) is 9.86. The van der Waals surface area contributed by atoms with E-state index in [0.717, 1.165) is 56.0 Å². The molecule has 2 aromatic heterocycles. The van der Waals surface area contributed by atoms with Crippen LogP contribution in [0.3, 0.4) is 0 Å². The van der Waals surface area contributed by atoms with E-state index in [0.29, 0.717) is 23.4 Å². The molecule has 0 amide bonds. The van der Waals surface area contributed by atoms with Crippen LogP contribution >= 0.6 is 0 Å². The highest BCUT2D eigenvalue weighted by Crippen LogP contribution is 2.53. The Morgan fingerprint density at radius 3 is 1.86 bits per heavy atom. The van der Waals surface area contributed by atoms with Crippen molar-refractivity contribution >= 4 is 21.9 Å². The van der Waals surface area contributed by atoms with Gasteiger partial charge in [0.25, 0.3) is 0 Å². The third-order valence-electron chi connectivity index (χ3n) is 9.86. The van der Waals surface area contributed by atoms with Crippen molar-refractivity contribution < 1.29 is 4.42 Å². The molecule has 3 atom stereocenters. The van der Waals surface area contributed by atoms with Crippen LogP contribution in [0.15, 0.2) is 126 Å². The van der Waals surface area contributed by atoms with Crippen LogP contribution in [-0.4, -0.2) is 15.0 Å². The molecule has 44 heavy (non-hydrogen) atoms. The number of hydrogen-bond donors (Lipinski definition) is 0. The Balaban J connectivity index is 1.17. The summed E-state index contributed by atoms with van der Waals surface area (Å²) in [5, 5.41) is 2.08. The highest BCUT2D eigenvalue weighted by Gasteiger charge is 2.40. The summed E-state index contributed by atoms with van der Waals surface area (Å²) < 4.78 is 6.21. The van der Waals surface area contributed by atoms with Crippen molar-refractivity contribution in [2.24, 2.45) is 11.8 Å². The lowest BCUT2D eigenvalue weighted by Crippen LogP contribution is -2.08. The van der Waals surface area contributed by atoms with Gasteiger partial charge in [-0.25, -0.2) is 15.0 Å². The molecule has 0 radical (unpaired) electrons. The van der Waals surface area contributed by atoms with Gasteiger partial charge in [-0.05, 0) is 65.8 Å². The highest BCUT2D eigenvalue weighted by molar-refractivity contribution is 6.11. The SMILES string of the molecule is c1ccc(-c2ccc(-c3nc(-c4ccc(C5CC6CCC5C6)cc4)nc(-c4cccc5oc6ccccc6c45)n3)cc2)cc1. The Morgan fingerprint density at radius 1 is 0.500 bits per heavy atom. The van der Waals surface area contributed by atoms with Crippen LogP contribution in [0.2, 0.25) is 0 Å². The average molecular weight is 570 g/mol. The van der Waals surface area contributed by atoms with Crippen molar-refractivity contribution in [2.45, 2.75) is 31.6 Å². The fourth-order valence-corrected chi connectivity index (χ4v) is 7.69. The second-order valence-corrected chi connectivity index (χ2v) is 12.4. The second-order valence-electron chi connectivity index (χ2n) is 12.4. The Bertz CT molecular complexity index is 2130. The number of benzene rings is 5. The van der Waals surface area contributed by atoms with Crippen LogP contribution < -0.4 is 0 Å². The van der Waals surface area contributed by atoms with Gasteiger partial charge in [0.1, 0.15) is 11.2 Å². The fourth-order valence-electron chi connectivity index (χ4n) is 7.69. The summed E-state index contributed by atoms with van der Waals surface area (Å²) in [6.07, 6.45) is 5.55. The number of nitrogens with zero attached hydrogens (tertiary/aromatic N) is 3. The Kier molecular flexibility index (Phi) is 5.93. The monoisotopic (exact) mass is 569 g/mol. The van der Waals surface area contributed by atoms with Crippen LogP contribution in [-0.2, 0) is 0 Å². The maximum Gasteiger partial charge on any atom is 0.164 e. The lowest BCUT2D eigenvalue weighted by molar-refractivity contribution is 0.420. The van der Waals surface area contributed by atoms with Gasteiger partial charge in [0, 0.05) is 27.5 Å². The summed E-state index contributed by atoms with van der Waals surface area (Å²) in [5.74, 6) is 4.46. The molecule has 9 rings (SSSR count). The van der Waals surface area contributed by atoms with Crippen molar-refractivity contribution in [3.63, 3.8) is 0 Å². The quantitative estimate of drug-likeness (QED) is 0.207. The number of para-hydroxylation sites is 1. The molecule has 2 fully saturated rings. The number of fused-ring (bicyclic) bond motifs is 5. The first-order chi connectivity index (χ1) is 21.8. The Hall–Kier alpha value is -5.09. The standard InChI is InChI=1S/C40H31N3O/c1-2-7-26(8-3-1)27-15-19-29(20-16-27)38-41-39(30-21-17-28(18-22-30)34-24-25-13-14-31(34)23-25)43-40(42-38)33-10-6-12-36-37(33)32-9-4-5-11-35(32)44-36/h1-12,15-22,25,31,34H,13-14,23-24H2. The molecule has 3 unspecified atom stereocenters. The molecule has 0 aliphatic heterocycles. The Labute approximate surface area is 256 Å². The first kappa shape index (κ1) is 25.4. The highest BCUT2D eigenvalue weighted by atomic mass is 16.3. The molecule has 212 valence electrons. The molecule has 4 nitrogen and oxygen atoms in total. The zero-order chi connectivity index (χ0) is 29.0. The van der Waals surface area contributed by atoms with E-state index >= 15 is 0 Å². The molecule has 2 saturated carbocycles. The summed E-state index contributed by atoms with van der Waals surface area (Å²) in [6.45, 7) is 0. The van der Waals surface area contributed by atoms with Crippen LogP contribution in [0.4, 0.5) is 0 Å². The van der Waals surface area contributed by atoms with Gasteiger partial charge in [-0.3, -0.25) is 0 Å². The number of rotatable bonds is 5. The van der Waals surface area contributed by atoms with E-state index in [1.54, 1.807) is 0 Å². The molecule has 5 aromatic carbocycles. The van der Waals surface area contributed by atoms with Gasteiger partial charge < -0.3 is 4.42 Å². The smallest absolute Gasteiger partial charge is 0.164 e. The lowest BCUT2D eigenvalue weighted by Gasteiger charge is -2.22. The van der Waals surface area contributed by atoms with E-state index in [2.05, 4.69) is 84.9 Å². The molecule has 0 N–H and O–H groups in total. The van der Waals surface area contributed by atoms with Crippen LogP contribution in [0, 0.1) is 11.8 Å². The van der Waals surface area contributed by atoms with Crippen molar-refractivity contribution in [3.8, 4) is 45.3 Å². The molecular weight excluding hydrogens is 538 g/mol. The maximum atomic E-state index is 6.21. The van der Waals surface area contributed by atoms with Gasteiger partial charge in [-0.1, -0.05) is 116 Å². The third kappa shape index (κ3) is 4.32. The van der Waals surface area contributed by atoms with Crippen LogP contribution in [0.25, 0.3) is 67.2 Å². The maximum absolute atomic E-state index is 6.21. The molecule has 4 heteroatoms. The minimum atomic E-state index is 0.645. The molecule has 2 aliphatic carbocycles. The number of hydrogen-bond acceptors (Lipinski definition) is 4. The van der Waals surface area contributed by atoms with Crippen molar-refractivity contribution in [3.05, 3.63) is 127 Å². The van der Waals surface area contributed by atoms with Crippen LogP contribution in [0.1, 0.15) is 37.2 Å². The minimum absolute atomic E-state index is 0.645. The van der Waals surface area contributed by atoms with Gasteiger partial charge in [0.15, 0.2) is 17.5 Å². The number of furan rings is 1. The van der Waals surface area contributed by atoms with Gasteiger partial charge in [0.05, 0.1) is 0 Å². The summed E-state index contributed by atoms with van der Waals surface area (Å²) in [5.41, 5.74) is 8.40. The summed E-state index contributed by atoms with van der Waals surface area (Å²) >= 11 is 0. The zero-order valence-corrected chi connectivity index (χ0v) is 24.4. The molecule has 2 aliphatic rings. The summed E-state index contributed by atoms with van der Waals surface area (Å²) in [4.78, 5) is 15.2. The first-order valence-electron chi connectivity index (χ1n) is 15.7. The van der Waals surface area contributed by atoms with Crippen molar-refractivity contribution in [1.29, 1.82) is 0 Å². The predicted molar refractivity (Wildman–Crippen MR) is 177 cm³/mol. The predicted octanol–water partition coefficient (Wildman–Crippen LogP) is 10.3. The van der Waals surface area contributed by atoms with Crippen molar-refractivity contribution in [2.75, 3.05) is 0 Å². The average Bonchev–Trinajstić information content (AvgIpc) is 3.84. The largest absolute Gasteiger partial charge is 0.456 e. The molecule has 7 aromatic rings. The summed E-state index contributed by atoms with van der Waals surface area (Å²) in [7, 11) is 0. The van der Waals surface area contributed by atoms with E-state index < -0.39 is 0 Å². The summed E-state index contributed by atoms with van der Waals surface area (Å²) in [6, 6.07) is 42.2. The Morgan fingerprint density at radius 2 is 1.14 bits per heavy atom. The molecule has 0 spiro atoms. The van der Waals surface area contributed by atoms with Gasteiger partial charge in [-0.15, -0.1) is 0 Å². The van der Waals surface area contributed by atoms with E-state index in [1.807, 2.05) is 36.4 Å². The normalized spacial score (nSPS) is 19.2. The topological polar surface area (TPSA) is 51.8 Å². The van der Waals surface area contributed by atoms with E-state index in [4.69, 9.17) is 19.4 Å². The molecule has 0 saturated heterocycles. The van der Waals surface area contributed by atoms with E-state index in [-0.39, 0.29) is 0 Å². The molecule has 2 heterocycles. The van der Waals surface area contributed by atoms with Crippen LogP contribution in [0.5, 0.6) is 0 Å². The van der Waals surface area contributed by atoms with Crippen molar-refractivity contribution in [1.82, 2.24) is 15.0 Å². The zero-order valence-electron chi connectivity index (χ0n) is 24.4. The van der Waals surface area contributed by atoms with E-state index in [1.165, 1.54) is 36.8 Å². The molecular formula is C40H31N3O. The van der Waals surface area contributed by atoms with Gasteiger partial charge >= 0.3 is 0 Å². The fraction of sp³-hybridized carbons (Fsp3) is 0.175. The number of aromatic nitrogens is 3. The van der Waals surface area contributed by atoms with Gasteiger partial charge in [0.2, 0.25) is 0 Å².